The van der Waals surface area contributed by atoms with Crippen LogP contribution >= 0.6 is 0 Å². The number of benzene rings is 1. The van der Waals surface area contributed by atoms with Crippen LogP contribution in [0.25, 0.3) is 0 Å². The fourth-order valence-electron chi connectivity index (χ4n) is 3.95. The lowest BCUT2D eigenvalue weighted by Crippen LogP contribution is -2.35. The Morgan fingerprint density at radius 2 is 2.07 bits per heavy atom. The highest BCUT2D eigenvalue weighted by Crippen LogP contribution is 2.48. The van der Waals surface area contributed by atoms with E-state index in [0.29, 0.717) is 19.3 Å². The monoisotopic (exact) mass is 376 g/mol. The van der Waals surface area contributed by atoms with E-state index < -0.39 is 18.4 Å². The molecule has 1 aromatic rings. The van der Waals surface area contributed by atoms with E-state index in [0.717, 1.165) is 18.4 Å². The summed E-state index contributed by atoms with van der Waals surface area (Å²) in [5.74, 6) is -2.15. The number of ether oxygens (including phenoxy) is 1. The van der Waals surface area contributed by atoms with Crippen LogP contribution in [0.15, 0.2) is 36.4 Å². The summed E-state index contributed by atoms with van der Waals surface area (Å²) in [5.41, 5.74) is 0.631. The standard InChI is InChI=1S/C22H32O5/c1-2-3-4-5-6-7-11-21(15-18-9-8-10-19(24)14-18)12-13-22(26,17-21)27-20(25)16-23/h7-11,14,23-24,26H,2-6,12-13,15-17H2,1H3/b11-7+. The van der Waals surface area contributed by atoms with Gasteiger partial charge in [0.1, 0.15) is 12.4 Å². The summed E-state index contributed by atoms with van der Waals surface area (Å²) in [4.78, 5) is 11.5. The number of hydrogen-bond acceptors (Lipinski definition) is 5. The molecule has 0 bridgehead atoms. The molecule has 5 nitrogen and oxygen atoms in total. The second-order valence-electron chi connectivity index (χ2n) is 7.72. The lowest BCUT2D eigenvalue weighted by Gasteiger charge is -2.29. The molecule has 1 aliphatic rings. The highest BCUT2D eigenvalue weighted by atomic mass is 16.7. The topological polar surface area (TPSA) is 87.0 Å². The van der Waals surface area contributed by atoms with E-state index in [4.69, 9.17) is 9.84 Å². The molecule has 0 spiro atoms. The molecule has 1 fully saturated rings. The minimum absolute atomic E-state index is 0.214. The van der Waals surface area contributed by atoms with Crippen LogP contribution in [0.5, 0.6) is 5.75 Å². The molecule has 150 valence electrons. The zero-order valence-electron chi connectivity index (χ0n) is 16.2. The number of carbonyl (C=O) groups is 1. The largest absolute Gasteiger partial charge is 0.508 e. The molecule has 5 heteroatoms. The number of allylic oxidation sites excluding steroid dienone is 2. The zero-order valence-corrected chi connectivity index (χ0v) is 16.2. The molecule has 0 aromatic heterocycles. The van der Waals surface area contributed by atoms with Gasteiger partial charge in [0.05, 0.1) is 0 Å². The van der Waals surface area contributed by atoms with Crippen molar-refractivity contribution in [3.63, 3.8) is 0 Å². The van der Waals surface area contributed by atoms with Crippen molar-refractivity contribution in [3.8, 4) is 5.75 Å². The molecule has 2 rings (SSSR count). The Bertz CT molecular complexity index is 641. The van der Waals surface area contributed by atoms with Gasteiger partial charge in [-0.05, 0) is 48.8 Å². The lowest BCUT2D eigenvalue weighted by atomic mass is 9.79. The second-order valence-corrected chi connectivity index (χ2v) is 7.72. The van der Waals surface area contributed by atoms with E-state index in [2.05, 4.69) is 19.1 Å². The minimum atomic E-state index is -1.55. The summed E-state index contributed by atoms with van der Waals surface area (Å²) in [7, 11) is 0. The van der Waals surface area contributed by atoms with Gasteiger partial charge in [-0.1, -0.05) is 50.5 Å². The molecule has 27 heavy (non-hydrogen) atoms. The highest BCUT2D eigenvalue weighted by Gasteiger charge is 2.48. The number of phenols is 1. The molecule has 3 N–H and O–H groups in total. The highest BCUT2D eigenvalue weighted by molar-refractivity contribution is 5.70. The molecule has 1 aromatic carbocycles. The number of rotatable bonds is 10. The molecule has 0 heterocycles. The van der Waals surface area contributed by atoms with Crippen LogP contribution in [-0.4, -0.2) is 33.7 Å². The Morgan fingerprint density at radius 3 is 2.78 bits per heavy atom. The van der Waals surface area contributed by atoms with Gasteiger partial charge in [-0.25, -0.2) is 4.79 Å². The first-order chi connectivity index (χ1) is 12.9. The van der Waals surface area contributed by atoms with E-state index in [1.165, 1.54) is 19.3 Å². The smallest absolute Gasteiger partial charge is 0.334 e. The van der Waals surface area contributed by atoms with Crippen molar-refractivity contribution < 1.29 is 24.9 Å². The fourth-order valence-corrected chi connectivity index (χ4v) is 3.95. The van der Waals surface area contributed by atoms with Crippen LogP contribution in [0, 0.1) is 5.41 Å². The third-order valence-corrected chi connectivity index (χ3v) is 5.24. The third-order valence-electron chi connectivity index (χ3n) is 5.24. The summed E-state index contributed by atoms with van der Waals surface area (Å²) in [6.45, 7) is 1.45. The average Bonchev–Trinajstić information content (AvgIpc) is 2.94. The lowest BCUT2D eigenvalue weighted by molar-refractivity contribution is -0.210. The normalized spacial score (nSPS) is 25.1. The summed E-state index contributed by atoms with van der Waals surface area (Å²) >= 11 is 0. The summed E-state index contributed by atoms with van der Waals surface area (Å²) < 4.78 is 5.11. The van der Waals surface area contributed by atoms with Crippen LogP contribution in [0.1, 0.15) is 63.9 Å². The van der Waals surface area contributed by atoms with Crippen molar-refractivity contribution in [3.05, 3.63) is 42.0 Å². The first-order valence-corrected chi connectivity index (χ1v) is 9.91. The maximum atomic E-state index is 11.5. The molecule has 0 radical (unpaired) electrons. The number of phenolic OH excluding ortho intramolecular Hbond substituents is 1. The van der Waals surface area contributed by atoms with Crippen molar-refractivity contribution in [2.24, 2.45) is 5.41 Å². The third kappa shape index (κ3) is 6.67. The predicted molar refractivity (Wildman–Crippen MR) is 104 cm³/mol. The summed E-state index contributed by atoms with van der Waals surface area (Å²) in [6.07, 6.45) is 12.0. The fraction of sp³-hybridized carbons (Fsp3) is 0.591. The van der Waals surface area contributed by atoms with E-state index in [-0.39, 0.29) is 17.6 Å². The number of carbonyl (C=O) groups excluding carboxylic acids is 1. The van der Waals surface area contributed by atoms with E-state index in [9.17, 15) is 15.0 Å². The second kappa shape index (κ2) is 9.90. The molecule has 2 atom stereocenters. The van der Waals surface area contributed by atoms with Crippen LogP contribution in [0.4, 0.5) is 0 Å². The van der Waals surface area contributed by atoms with Crippen LogP contribution in [-0.2, 0) is 16.0 Å². The molecule has 1 aliphatic carbocycles. The summed E-state index contributed by atoms with van der Waals surface area (Å²) in [5, 5.41) is 29.4. The Hall–Kier alpha value is -1.85. The molecule has 2 unspecified atom stereocenters. The van der Waals surface area contributed by atoms with Gasteiger partial charge < -0.3 is 20.1 Å². The number of aromatic hydroxyl groups is 1. The van der Waals surface area contributed by atoms with Gasteiger partial charge in [-0.3, -0.25) is 0 Å². The van der Waals surface area contributed by atoms with Crippen molar-refractivity contribution in [1.82, 2.24) is 0 Å². The van der Waals surface area contributed by atoms with Crippen molar-refractivity contribution >= 4 is 5.97 Å². The van der Waals surface area contributed by atoms with E-state index in [1.54, 1.807) is 18.2 Å². The number of aliphatic hydroxyl groups excluding tert-OH is 1. The van der Waals surface area contributed by atoms with Gasteiger partial charge in [-0.15, -0.1) is 0 Å². The molecule has 1 saturated carbocycles. The van der Waals surface area contributed by atoms with Crippen LogP contribution in [0.2, 0.25) is 0 Å². The number of esters is 1. The van der Waals surface area contributed by atoms with Gasteiger partial charge in [0.25, 0.3) is 0 Å². The quantitative estimate of drug-likeness (QED) is 0.250. The average molecular weight is 376 g/mol. The molecular formula is C22H32O5. The van der Waals surface area contributed by atoms with Crippen molar-refractivity contribution in [2.75, 3.05) is 6.61 Å². The molecule has 0 amide bonds. The van der Waals surface area contributed by atoms with Crippen molar-refractivity contribution in [2.45, 2.75) is 70.5 Å². The first-order valence-electron chi connectivity index (χ1n) is 9.91. The van der Waals surface area contributed by atoms with E-state index in [1.807, 2.05) is 6.07 Å². The zero-order chi connectivity index (χ0) is 19.8. The van der Waals surface area contributed by atoms with Crippen LogP contribution in [0.3, 0.4) is 0 Å². The van der Waals surface area contributed by atoms with Gasteiger partial charge in [0, 0.05) is 12.8 Å². The number of hydrogen-bond donors (Lipinski definition) is 3. The Morgan fingerprint density at radius 1 is 1.26 bits per heavy atom. The Balaban J connectivity index is 2.11. The van der Waals surface area contributed by atoms with Gasteiger partial charge in [-0.2, -0.15) is 0 Å². The Labute approximate surface area is 161 Å². The molecular weight excluding hydrogens is 344 g/mol. The van der Waals surface area contributed by atoms with Gasteiger partial charge in [0.15, 0.2) is 0 Å². The number of unbranched alkanes of at least 4 members (excludes halogenated alkanes) is 4. The van der Waals surface area contributed by atoms with Crippen LogP contribution < -0.4 is 0 Å². The molecule has 0 aliphatic heterocycles. The van der Waals surface area contributed by atoms with Crippen molar-refractivity contribution in [1.29, 1.82) is 0 Å². The van der Waals surface area contributed by atoms with Gasteiger partial charge in [0.2, 0.25) is 5.79 Å². The molecule has 0 saturated heterocycles. The van der Waals surface area contributed by atoms with E-state index >= 15 is 0 Å². The number of aliphatic hydroxyl groups is 2. The summed E-state index contributed by atoms with van der Waals surface area (Å²) in [6, 6.07) is 7.12. The SMILES string of the molecule is CCCCCC/C=C/C1(Cc2cccc(O)c2)CCC(O)(OC(=O)CO)C1. The van der Waals surface area contributed by atoms with Gasteiger partial charge >= 0.3 is 5.97 Å². The Kier molecular flexibility index (Phi) is 7.87. The first kappa shape index (κ1) is 21.5. The maximum Gasteiger partial charge on any atom is 0.334 e. The predicted octanol–water partition coefficient (Wildman–Crippen LogP) is 3.86. The minimum Gasteiger partial charge on any atom is -0.508 e. The maximum absolute atomic E-state index is 11.5.